The zero-order valence-electron chi connectivity index (χ0n) is 7.34. The van der Waals surface area contributed by atoms with E-state index in [1.807, 2.05) is 0 Å². The predicted octanol–water partition coefficient (Wildman–Crippen LogP) is 4.22. The molecule has 0 unspecified atom stereocenters. The molecule has 0 nitrogen and oxygen atoms in total. The molecule has 1 aliphatic rings. The summed E-state index contributed by atoms with van der Waals surface area (Å²) in [5.74, 6) is 0. The smallest absolute Gasteiger partial charge is 0.0523 e. The molecule has 0 fully saturated rings. The van der Waals surface area contributed by atoms with Gasteiger partial charge in [0.2, 0.25) is 0 Å². The van der Waals surface area contributed by atoms with Gasteiger partial charge in [-0.25, -0.2) is 0 Å². The maximum absolute atomic E-state index is 3.76. The average molecular weight is 304 g/mol. The molecule has 0 spiro atoms. The summed E-state index contributed by atoms with van der Waals surface area (Å²) < 4.78 is 0. The molecule has 70 valence electrons. The van der Waals surface area contributed by atoms with Crippen LogP contribution in [0.15, 0.2) is 24.3 Å². The Kier molecular flexibility index (Phi) is 3.10. The van der Waals surface area contributed by atoms with Crippen LogP contribution in [0.1, 0.15) is 28.8 Å². The van der Waals surface area contributed by atoms with Gasteiger partial charge in [0.05, 0.1) is 4.83 Å². The molecule has 0 aliphatic heterocycles. The lowest BCUT2D eigenvalue weighted by molar-refractivity contribution is 0.732. The molecule has 0 saturated heterocycles. The molecule has 2 heteroatoms. The molecule has 0 N–H and O–H groups in total. The minimum atomic E-state index is 0.478. The zero-order chi connectivity index (χ0) is 9.26. The van der Waals surface area contributed by atoms with E-state index in [4.69, 9.17) is 0 Å². The van der Waals surface area contributed by atoms with Crippen LogP contribution >= 0.6 is 31.9 Å². The summed E-state index contributed by atoms with van der Waals surface area (Å²) in [5.41, 5.74) is 2.97. The number of alkyl halides is 2. The van der Waals surface area contributed by atoms with Crippen molar-refractivity contribution in [1.29, 1.82) is 0 Å². The predicted molar refractivity (Wildman–Crippen MR) is 63.8 cm³/mol. The van der Waals surface area contributed by atoms with Crippen LogP contribution < -0.4 is 0 Å². The van der Waals surface area contributed by atoms with Crippen LogP contribution in [-0.2, 0) is 6.42 Å². The molecular weight excluding hydrogens is 292 g/mol. The SMILES string of the molecule is Br[C@@H]1CCCc2ccccc2[C@H]1Br. The van der Waals surface area contributed by atoms with Gasteiger partial charge in [0.25, 0.3) is 0 Å². The Balaban J connectivity index is 2.40. The van der Waals surface area contributed by atoms with Gasteiger partial charge in [-0.1, -0.05) is 56.1 Å². The number of rotatable bonds is 0. The minimum absolute atomic E-state index is 0.478. The van der Waals surface area contributed by atoms with Crippen LogP contribution in [-0.4, -0.2) is 4.83 Å². The van der Waals surface area contributed by atoms with E-state index < -0.39 is 0 Å². The molecule has 1 aliphatic carbocycles. The van der Waals surface area contributed by atoms with Gasteiger partial charge in [-0.3, -0.25) is 0 Å². The van der Waals surface area contributed by atoms with E-state index in [2.05, 4.69) is 56.1 Å². The van der Waals surface area contributed by atoms with Gasteiger partial charge in [-0.2, -0.15) is 0 Å². The van der Waals surface area contributed by atoms with Gasteiger partial charge in [0.1, 0.15) is 0 Å². The van der Waals surface area contributed by atoms with Crippen molar-refractivity contribution < 1.29 is 0 Å². The van der Waals surface area contributed by atoms with E-state index in [0.29, 0.717) is 9.65 Å². The fourth-order valence-corrected chi connectivity index (χ4v) is 3.18. The van der Waals surface area contributed by atoms with E-state index >= 15 is 0 Å². The zero-order valence-corrected chi connectivity index (χ0v) is 10.5. The summed E-state index contributed by atoms with van der Waals surface area (Å²) in [4.78, 5) is 1.06. The molecule has 13 heavy (non-hydrogen) atoms. The first kappa shape index (κ1) is 9.72. The fourth-order valence-electron chi connectivity index (χ4n) is 1.86. The Morgan fingerprint density at radius 2 is 1.92 bits per heavy atom. The third-order valence-electron chi connectivity index (χ3n) is 2.60. The van der Waals surface area contributed by atoms with Crippen molar-refractivity contribution in [2.24, 2.45) is 0 Å². The van der Waals surface area contributed by atoms with Crippen LogP contribution in [0.25, 0.3) is 0 Å². The first-order chi connectivity index (χ1) is 6.29. The summed E-state index contributed by atoms with van der Waals surface area (Å²) in [6.07, 6.45) is 3.76. The van der Waals surface area contributed by atoms with Gasteiger partial charge in [-0.05, 0) is 30.4 Å². The third kappa shape index (κ3) is 1.99. The fraction of sp³-hybridized carbons (Fsp3) is 0.455. The summed E-state index contributed by atoms with van der Waals surface area (Å²) >= 11 is 7.48. The van der Waals surface area contributed by atoms with Gasteiger partial charge in [0, 0.05) is 4.83 Å². The van der Waals surface area contributed by atoms with E-state index in [0.717, 1.165) is 0 Å². The molecule has 0 aromatic heterocycles. The van der Waals surface area contributed by atoms with E-state index in [-0.39, 0.29) is 0 Å². The quantitative estimate of drug-likeness (QED) is 0.497. The Morgan fingerprint density at radius 1 is 1.15 bits per heavy atom. The Morgan fingerprint density at radius 3 is 2.77 bits per heavy atom. The highest BCUT2D eigenvalue weighted by Gasteiger charge is 2.22. The first-order valence-electron chi connectivity index (χ1n) is 4.65. The summed E-state index contributed by atoms with van der Waals surface area (Å²) in [7, 11) is 0. The van der Waals surface area contributed by atoms with Crippen molar-refractivity contribution in [3.63, 3.8) is 0 Å². The molecule has 0 amide bonds. The lowest BCUT2D eigenvalue weighted by atomic mass is 10.0. The lowest BCUT2D eigenvalue weighted by Gasteiger charge is -2.15. The Bertz CT molecular complexity index is 296. The van der Waals surface area contributed by atoms with E-state index in [1.54, 1.807) is 0 Å². The Labute approximate surface area is 96.0 Å². The highest BCUT2D eigenvalue weighted by molar-refractivity contribution is 9.12. The van der Waals surface area contributed by atoms with Gasteiger partial charge in [-0.15, -0.1) is 0 Å². The maximum Gasteiger partial charge on any atom is 0.0523 e. The summed E-state index contributed by atoms with van der Waals surface area (Å²) in [6.45, 7) is 0. The highest BCUT2D eigenvalue weighted by Crippen LogP contribution is 2.38. The number of fused-ring (bicyclic) bond motifs is 1. The highest BCUT2D eigenvalue weighted by atomic mass is 79.9. The second-order valence-electron chi connectivity index (χ2n) is 3.51. The molecule has 1 aromatic rings. The molecule has 2 atom stereocenters. The second-order valence-corrected chi connectivity index (χ2v) is 5.67. The maximum atomic E-state index is 3.76. The molecular formula is C11H12Br2. The molecule has 2 rings (SSSR count). The van der Waals surface area contributed by atoms with Crippen molar-refractivity contribution in [2.75, 3.05) is 0 Å². The van der Waals surface area contributed by atoms with E-state index in [1.165, 1.54) is 30.4 Å². The normalized spacial score (nSPS) is 27.8. The number of aryl methyl sites for hydroxylation is 1. The molecule has 0 heterocycles. The van der Waals surface area contributed by atoms with Crippen LogP contribution in [0, 0.1) is 0 Å². The van der Waals surface area contributed by atoms with Crippen LogP contribution in [0.4, 0.5) is 0 Å². The summed E-state index contributed by atoms with van der Waals surface area (Å²) in [5, 5.41) is 0. The number of hydrogen-bond acceptors (Lipinski definition) is 0. The van der Waals surface area contributed by atoms with Gasteiger partial charge >= 0.3 is 0 Å². The molecule has 1 aromatic carbocycles. The lowest BCUT2D eigenvalue weighted by Crippen LogP contribution is -2.04. The standard InChI is InChI=1S/C11H12Br2/c12-10-7-3-5-8-4-1-2-6-9(8)11(10)13/h1-2,4,6,10-11H,3,5,7H2/t10-,11-/m1/s1. The van der Waals surface area contributed by atoms with Crippen molar-refractivity contribution >= 4 is 31.9 Å². The van der Waals surface area contributed by atoms with Crippen molar-refractivity contribution in [3.8, 4) is 0 Å². The van der Waals surface area contributed by atoms with Crippen molar-refractivity contribution in [1.82, 2.24) is 0 Å². The number of benzene rings is 1. The third-order valence-corrected chi connectivity index (χ3v) is 5.42. The summed E-state index contributed by atoms with van der Waals surface area (Å²) in [6, 6.07) is 8.73. The van der Waals surface area contributed by atoms with Crippen LogP contribution in [0.2, 0.25) is 0 Å². The van der Waals surface area contributed by atoms with E-state index in [9.17, 15) is 0 Å². The second kappa shape index (κ2) is 4.14. The molecule has 0 saturated carbocycles. The largest absolute Gasteiger partial charge is 0.0875 e. The average Bonchev–Trinajstić information content (AvgIpc) is 2.29. The van der Waals surface area contributed by atoms with Gasteiger partial charge < -0.3 is 0 Å². The monoisotopic (exact) mass is 302 g/mol. The Hall–Kier alpha value is 0.180. The number of hydrogen-bond donors (Lipinski definition) is 0. The molecule has 0 bridgehead atoms. The van der Waals surface area contributed by atoms with Crippen LogP contribution in [0.3, 0.4) is 0 Å². The first-order valence-corrected chi connectivity index (χ1v) is 6.48. The number of halogens is 2. The van der Waals surface area contributed by atoms with Crippen LogP contribution in [0.5, 0.6) is 0 Å². The topological polar surface area (TPSA) is 0 Å². The minimum Gasteiger partial charge on any atom is -0.0875 e. The molecule has 0 radical (unpaired) electrons. The van der Waals surface area contributed by atoms with Crippen molar-refractivity contribution in [3.05, 3.63) is 35.4 Å². The van der Waals surface area contributed by atoms with Gasteiger partial charge in [0.15, 0.2) is 0 Å². The van der Waals surface area contributed by atoms with Crippen molar-refractivity contribution in [2.45, 2.75) is 28.9 Å².